The summed E-state index contributed by atoms with van der Waals surface area (Å²) in [5, 5.41) is 0.534. The summed E-state index contributed by atoms with van der Waals surface area (Å²) in [6.45, 7) is 11.1. The van der Waals surface area contributed by atoms with E-state index in [-0.39, 0.29) is 12.1 Å². The smallest absolute Gasteiger partial charge is 0.335 e. The van der Waals surface area contributed by atoms with Gasteiger partial charge in [0, 0.05) is 17.0 Å². The van der Waals surface area contributed by atoms with Crippen LogP contribution in [0.1, 0.15) is 131 Å². The molecule has 4 aliphatic carbocycles. The Morgan fingerprint density at radius 3 is 2.49 bits per heavy atom. The van der Waals surface area contributed by atoms with E-state index in [1.165, 1.54) is 77.0 Å². The molecule has 4 aliphatic rings. The molecule has 0 saturated heterocycles. The van der Waals surface area contributed by atoms with E-state index in [1.807, 2.05) is 0 Å². The summed E-state index contributed by atoms with van der Waals surface area (Å²) < 4.78 is 5.89. The maximum absolute atomic E-state index is 12.5. The fraction of sp³-hybridized carbons (Fsp3) is 0.844. The molecule has 0 aromatic rings. The fourth-order valence-electron chi connectivity index (χ4n) is 8.86. The number of rotatable bonds is 9. The molecule has 4 rings (SSSR count). The Morgan fingerprint density at radius 2 is 1.74 bits per heavy atom. The number of ether oxygens (including phenoxy) is 1. The minimum Gasteiger partial charge on any atom is -0.459 e. The molecular weight excluding hydrogens is 452 g/mol. The van der Waals surface area contributed by atoms with Gasteiger partial charge in [-0.25, -0.2) is 4.79 Å². The van der Waals surface area contributed by atoms with Crippen molar-refractivity contribution in [3.8, 4) is 0 Å². The summed E-state index contributed by atoms with van der Waals surface area (Å²) >= 11 is 6.04. The zero-order chi connectivity index (χ0) is 25.2. The van der Waals surface area contributed by atoms with Gasteiger partial charge in [-0.05, 0) is 99.7 Å². The van der Waals surface area contributed by atoms with E-state index in [9.17, 15) is 4.79 Å². The third kappa shape index (κ3) is 5.44. The maximum atomic E-state index is 12.5. The maximum Gasteiger partial charge on any atom is 0.335 e. The monoisotopic (exact) mass is 502 g/mol. The Hall–Kier alpha value is -0.760. The zero-order valence-corrected chi connectivity index (χ0v) is 24.0. The Morgan fingerprint density at radius 1 is 1.00 bits per heavy atom. The van der Waals surface area contributed by atoms with Gasteiger partial charge in [0.2, 0.25) is 0 Å². The predicted molar refractivity (Wildman–Crippen MR) is 147 cm³/mol. The molecule has 3 fully saturated rings. The van der Waals surface area contributed by atoms with Crippen molar-refractivity contribution in [2.45, 2.75) is 137 Å². The van der Waals surface area contributed by atoms with Gasteiger partial charge in [-0.3, -0.25) is 0 Å². The molecule has 0 aromatic heterocycles. The Kier molecular flexibility index (Phi) is 8.82. The van der Waals surface area contributed by atoms with Gasteiger partial charge in [-0.1, -0.05) is 82.5 Å². The van der Waals surface area contributed by atoms with E-state index in [0.717, 1.165) is 42.9 Å². The molecule has 0 amide bonds. The second-order valence-electron chi connectivity index (χ2n) is 13.1. The van der Waals surface area contributed by atoms with Crippen molar-refractivity contribution in [1.29, 1.82) is 0 Å². The van der Waals surface area contributed by atoms with E-state index in [1.54, 1.807) is 19.4 Å². The second kappa shape index (κ2) is 11.3. The van der Waals surface area contributed by atoms with Crippen molar-refractivity contribution < 1.29 is 9.53 Å². The van der Waals surface area contributed by atoms with Gasteiger partial charge >= 0.3 is 5.97 Å². The standard InChI is InChI=1S/C32H51ClO2/c1-6-7-8-9-10-11-12-24-14-16-28-27-15-13-25-21-26(35-30(34)22(2)23(3)33)17-19-32(25,5)29(27)18-20-31(24,28)4/h13,24,26-29H,6-12,14-21H2,1-5H3/b23-22-/t24-,26+,27-,28-,29-,31+,32+/m1/s1. The van der Waals surface area contributed by atoms with Crippen molar-refractivity contribution >= 4 is 17.6 Å². The normalized spacial score (nSPS) is 39.1. The molecule has 0 heterocycles. The van der Waals surface area contributed by atoms with E-state index in [2.05, 4.69) is 26.8 Å². The van der Waals surface area contributed by atoms with Crippen LogP contribution in [-0.4, -0.2) is 12.1 Å². The molecule has 0 unspecified atom stereocenters. The van der Waals surface area contributed by atoms with E-state index < -0.39 is 0 Å². The highest BCUT2D eigenvalue weighted by molar-refractivity contribution is 6.31. The van der Waals surface area contributed by atoms with Crippen LogP contribution in [0.4, 0.5) is 0 Å². The molecule has 35 heavy (non-hydrogen) atoms. The summed E-state index contributed by atoms with van der Waals surface area (Å²) in [4.78, 5) is 12.5. The van der Waals surface area contributed by atoms with E-state index in [0.29, 0.717) is 21.4 Å². The lowest BCUT2D eigenvalue weighted by Gasteiger charge is -2.58. The van der Waals surface area contributed by atoms with Crippen molar-refractivity contribution in [2.24, 2.45) is 34.5 Å². The number of carbonyl (C=O) groups excluding carboxylic acids is 1. The molecule has 7 atom stereocenters. The number of carbonyl (C=O) groups is 1. The third-order valence-corrected chi connectivity index (χ3v) is 11.5. The molecular formula is C32H51ClO2. The summed E-state index contributed by atoms with van der Waals surface area (Å²) in [5.41, 5.74) is 3.00. The van der Waals surface area contributed by atoms with Gasteiger partial charge in [0.25, 0.3) is 0 Å². The summed E-state index contributed by atoms with van der Waals surface area (Å²) in [6.07, 6.45) is 22.7. The predicted octanol–water partition coefficient (Wildman–Crippen LogP) is 9.76. The molecule has 0 aliphatic heterocycles. The van der Waals surface area contributed by atoms with Crippen LogP contribution in [0.2, 0.25) is 0 Å². The number of fused-ring (bicyclic) bond motifs is 5. The SMILES string of the molecule is CCCCCCCC[C@@H]1CC[C@@H]2[C@H]3CC=C4C[C@@H](OC(=O)/C(C)=C(/C)Cl)CC[C@]4(C)[C@@H]3CC[C@@]12C. The average molecular weight is 503 g/mol. The number of hydrogen-bond acceptors (Lipinski definition) is 2. The van der Waals surface area contributed by atoms with Gasteiger partial charge in [0.05, 0.1) is 0 Å². The van der Waals surface area contributed by atoms with Crippen LogP contribution in [0.25, 0.3) is 0 Å². The highest BCUT2D eigenvalue weighted by Crippen LogP contribution is 2.66. The molecule has 198 valence electrons. The molecule has 2 nitrogen and oxygen atoms in total. The van der Waals surface area contributed by atoms with Crippen LogP contribution in [0, 0.1) is 34.5 Å². The van der Waals surface area contributed by atoms with E-state index in [4.69, 9.17) is 16.3 Å². The molecule has 3 saturated carbocycles. The number of hydrogen-bond donors (Lipinski definition) is 0. The molecule has 0 aromatic carbocycles. The fourth-order valence-corrected chi connectivity index (χ4v) is 8.94. The Labute approximate surface area is 220 Å². The van der Waals surface area contributed by atoms with Gasteiger partial charge in [-0.2, -0.15) is 0 Å². The minimum absolute atomic E-state index is 0.00591. The van der Waals surface area contributed by atoms with Crippen LogP contribution in [0.15, 0.2) is 22.3 Å². The van der Waals surface area contributed by atoms with Gasteiger partial charge in [0.15, 0.2) is 0 Å². The van der Waals surface area contributed by atoms with Gasteiger partial charge < -0.3 is 4.74 Å². The molecule has 0 spiro atoms. The lowest BCUT2D eigenvalue weighted by molar-refractivity contribution is -0.146. The van der Waals surface area contributed by atoms with Crippen molar-refractivity contribution in [3.05, 3.63) is 22.3 Å². The quantitative estimate of drug-likeness (QED) is 0.136. The number of halogens is 1. The first-order valence-electron chi connectivity index (χ1n) is 14.9. The number of esters is 1. The van der Waals surface area contributed by atoms with Crippen molar-refractivity contribution in [2.75, 3.05) is 0 Å². The zero-order valence-electron chi connectivity index (χ0n) is 23.3. The highest BCUT2D eigenvalue weighted by atomic mass is 35.5. The number of allylic oxidation sites excluding steroid dienone is 2. The molecule has 0 N–H and O–H groups in total. The largest absolute Gasteiger partial charge is 0.459 e. The van der Waals surface area contributed by atoms with E-state index >= 15 is 0 Å². The number of unbranched alkanes of at least 4 members (excludes halogenated alkanes) is 5. The summed E-state index contributed by atoms with van der Waals surface area (Å²) in [7, 11) is 0. The lowest BCUT2D eigenvalue weighted by atomic mass is 9.47. The van der Waals surface area contributed by atoms with Crippen LogP contribution >= 0.6 is 11.6 Å². The first kappa shape index (κ1) is 27.3. The first-order chi connectivity index (χ1) is 16.7. The van der Waals surface area contributed by atoms with Gasteiger partial charge in [-0.15, -0.1) is 0 Å². The van der Waals surface area contributed by atoms with Crippen LogP contribution in [0.3, 0.4) is 0 Å². The molecule has 0 radical (unpaired) electrons. The highest BCUT2D eigenvalue weighted by Gasteiger charge is 2.58. The van der Waals surface area contributed by atoms with Crippen LogP contribution in [0.5, 0.6) is 0 Å². The third-order valence-electron chi connectivity index (χ3n) is 11.3. The molecule has 3 heteroatoms. The average Bonchev–Trinajstić information content (AvgIpc) is 3.17. The minimum atomic E-state index is -0.240. The summed E-state index contributed by atoms with van der Waals surface area (Å²) in [6, 6.07) is 0. The lowest BCUT2D eigenvalue weighted by Crippen LogP contribution is -2.50. The van der Waals surface area contributed by atoms with Crippen LogP contribution < -0.4 is 0 Å². The Balaban J connectivity index is 1.38. The van der Waals surface area contributed by atoms with Gasteiger partial charge in [0.1, 0.15) is 6.10 Å². The first-order valence-corrected chi connectivity index (χ1v) is 15.3. The van der Waals surface area contributed by atoms with Crippen molar-refractivity contribution in [1.82, 2.24) is 0 Å². The topological polar surface area (TPSA) is 26.3 Å². The molecule has 0 bridgehead atoms. The van der Waals surface area contributed by atoms with Crippen molar-refractivity contribution in [3.63, 3.8) is 0 Å². The van der Waals surface area contributed by atoms with Crippen LogP contribution in [-0.2, 0) is 9.53 Å². The summed E-state index contributed by atoms with van der Waals surface area (Å²) in [5.74, 6) is 3.30. The Bertz CT molecular complexity index is 823. The second-order valence-corrected chi connectivity index (χ2v) is 13.6.